The Morgan fingerprint density at radius 3 is 2.55 bits per heavy atom. The summed E-state index contributed by atoms with van der Waals surface area (Å²) in [5.74, 6) is 0.0921. The summed E-state index contributed by atoms with van der Waals surface area (Å²) in [6, 6.07) is 4.09. The minimum absolute atomic E-state index is 0.0712. The van der Waals surface area contributed by atoms with E-state index in [1.165, 1.54) is 25.3 Å². The number of anilines is 1. The Hall–Kier alpha value is -1.86. The second-order valence-corrected chi connectivity index (χ2v) is 6.10. The Labute approximate surface area is 117 Å². The quantitative estimate of drug-likeness (QED) is 0.817. The Balaban J connectivity index is 2.26. The van der Waals surface area contributed by atoms with Crippen LogP contribution in [0.5, 0.6) is 5.75 Å². The first kappa shape index (κ1) is 14.5. The van der Waals surface area contributed by atoms with Crippen molar-refractivity contribution in [1.82, 2.24) is 0 Å². The van der Waals surface area contributed by atoms with E-state index in [2.05, 4.69) is 5.32 Å². The summed E-state index contributed by atoms with van der Waals surface area (Å²) in [4.78, 5) is 12.0. The van der Waals surface area contributed by atoms with Crippen LogP contribution in [0.3, 0.4) is 0 Å². The molecule has 0 radical (unpaired) electrons. The molecule has 1 amide bonds. The van der Waals surface area contributed by atoms with Gasteiger partial charge in [0, 0.05) is 5.92 Å². The number of sulfonamides is 1. The number of allylic oxidation sites excluding steroid dienone is 2. The molecule has 0 heterocycles. The van der Waals surface area contributed by atoms with Crippen molar-refractivity contribution in [3.8, 4) is 5.75 Å². The summed E-state index contributed by atoms with van der Waals surface area (Å²) in [5.41, 5.74) is 0.302. The molecule has 20 heavy (non-hydrogen) atoms. The van der Waals surface area contributed by atoms with Crippen LogP contribution in [-0.4, -0.2) is 21.4 Å². The van der Waals surface area contributed by atoms with Gasteiger partial charge in [0.05, 0.1) is 17.7 Å². The fourth-order valence-corrected chi connectivity index (χ4v) is 2.57. The maximum atomic E-state index is 12.1. The van der Waals surface area contributed by atoms with E-state index in [9.17, 15) is 13.2 Å². The highest BCUT2D eigenvalue weighted by molar-refractivity contribution is 7.89. The predicted octanol–water partition coefficient (Wildman–Crippen LogP) is 1.25. The zero-order valence-electron chi connectivity index (χ0n) is 11.0. The highest BCUT2D eigenvalue weighted by atomic mass is 32.2. The van der Waals surface area contributed by atoms with Gasteiger partial charge < -0.3 is 10.1 Å². The molecule has 108 valence electrons. The van der Waals surface area contributed by atoms with E-state index in [1.807, 2.05) is 12.2 Å². The fraction of sp³-hybridized carbons (Fsp3) is 0.308. The molecule has 1 aromatic carbocycles. The van der Waals surface area contributed by atoms with Crippen LogP contribution in [0, 0.1) is 5.92 Å². The van der Waals surface area contributed by atoms with Crippen molar-refractivity contribution in [3.05, 3.63) is 30.4 Å². The minimum atomic E-state index is -3.82. The number of nitrogens with one attached hydrogen (secondary N) is 1. The number of hydrogen-bond donors (Lipinski definition) is 2. The van der Waals surface area contributed by atoms with E-state index in [4.69, 9.17) is 9.88 Å². The monoisotopic (exact) mass is 296 g/mol. The van der Waals surface area contributed by atoms with E-state index in [1.54, 1.807) is 0 Å². The lowest BCUT2D eigenvalue weighted by Gasteiger charge is -2.14. The second-order valence-electron chi connectivity index (χ2n) is 4.54. The minimum Gasteiger partial charge on any atom is -0.495 e. The van der Waals surface area contributed by atoms with Crippen molar-refractivity contribution >= 4 is 21.6 Å². The molecule has 2 rings (SSSR count). The number of hydrogen-bond acceptors (Lipinski definition) is 4. The molecule has 0 aromatic heterocycles. The largest absolute Gasteiger partial charge is 0.495 e. The SMILES string of the molecule is COc1ccc(S(N)(=O)=O)cc1NC(=O)C1CC=CC1. The van der Waals surface area contributed by atoms with Crippen molar-refractivity contribution in [1.29, 1.82) is 0 Å². The highest BCUT2D eigenvalue weighted by Crippen LogP contribution is 2.28. The van der Waals surface area contributed by atoms with Crippen LogP contribution in [0.25, 0.3) is 0 Å². The van der Waals surface area contributed by atoms with Gasteiger partial charge in [0.15, 0.2) is 0 Å². The Bertz CT molecular complexity index is 644. The first-order chi connectivity index (χ1) is 9.41. The van der Waals surface area contributed by atoms with Gasteiger partial charge in [0.1, 0.15) is 5.75 Å². The number of amides is 1. The molecule has 6 nitrogen and oxygen atoms in total. The summed E-state index contributed by atoms with van der Waals surface area (Å²) in [7, 11) is -2.38. The Morgan fingerprint density at radius 2 is 2.00 bits per heavy atom. The van der Waals surface area contributed by atoms with Gasteiger partial charge >= 0.3 is 0 Å². The second kappa shape index (κ2) is 5.64. The van der Waals surface area contributed by atoms with Crippen LogP contribution in [0.1, 0.15) is 12.8 Å². The van der Waals surface area contributed by atoms with Crippen LogP contribution in [0.15, 0.2) is 35.2 Å². The van der Waals surface area contributed by atoms with Crippen LogP contribution in [0.2, 0.25) is 0 Å². The maximum absolute atomic E-state index is 12.1. The average molecular weight is 296 g/mol. The topological polar surface area (TPSA) is 98.5 Å². The van der Waals surface area contributed by atoms with Crippen LogP contribution < -0.4 is 15.2 Å². The maximum Gasteiger partial charge on any atom is 0.238 e. The van der Waals surface area contributed by atoms with Gasteiger partial charge in [0.2, 0.25) is 15.9 Å². The number of carbonyl (C=O) groups is 1. The van der Waals surface area contributed by atoms with Crippen molar-refractivity contribution < 1.29 is 17.9 Å². The first-order valence-corrected chi connectivity index (χ1v) is 7.63. The number of ether oxygens (including phenoxy) is 1. The molecular weight excluding hydrogens is 280 g/mol. The molecule has 0 aliphatic heterocycles. The van der Waals surface area contributed by atoms with E-state index in [0.29, 0.717) is 24.3 Å². The number of benzene rings is 1. The van der Waals surface area contributed by atoms with Gasteiger partial charge in [-0.25, -0.2) is 13.6 Å². The third-order valence-electron chi connectivity index (χ3n) is 3.14. The third-order valence-corrected chi connectivity index (χ3v) is 4.05. The molecular formula is C13H16N2O4S. The smallest absolute Gasteiger partial charge is 0.238 e. The molecule has 3 N–H and O–H groups in total. The number of methoxy groups -OCH3 is 1. The number of primary sulfonamides is 1. The molecule has 0 bridgehead atoms. The van der Waals surface area contributed by atoms with Crippen molar-refractivity contribution in [2.75, 3.05) is 12.4 Å². The lowest BCUT2D eigenvalue weighted by atomic mass is 10.1. The zero-order valence-corrected chi connectivity index (χ0v) is 11.8. The average Bonchev–Trinajstić information content (AvgIpc) is 2.91. The van der Waals surface area contributed by atoms with Gasteiger partial charge in [0.25, 0.3) is 0 Å². The van der Waals surface area contributed by atoms with Crippen molar-refractivity contribution in [2.24, 2.45) is 11.1 Å². The summed E-state index contributed by atoms with van der Waals surface area (Å²) in [6.07, 6.45) is 5.26. The van der Waals surface area contributed by atoms with Crippen LogP contribution in [0.4, 0.5) is 5.69 Å². The highest BCUT2D eigenvalue weighted by Gasteiger charge is 2.21. The van der Waals surface area contributed by atoms with E-state index in [0.717, 1.165) is 0 Å². The van der Waals surface area contributed by atoms with Crippen molar-refractivity contribution in [2.45, 2.75) is 17.7 Å². The molecule has 0 atom stereocenters. The Kier molecular flexibility index (Phi) is 4.10. The molecule has 1 aliphatic carbocycles. The van der Waals surface area contributed by atoms with Gasteiger partial charge in [-0.15, -0.1) is 0 Å². The van der Waals surface area contributed by atoms with Crippen LogP contribution in [-0.2, 0) is 14.8 Å². The lowest BCUT2D eigenvalue weighted by Crippen LogP contribution is -2.21. The van der Waals surface area contributed by atoms with Crippen LogP contribution >= 0.6 is 0 Å². The van der Waals surface area contributed by atoms with E-state index >= 15 is 0 Å². The van der Waals surface area contributed by atoms with Gasteiger partial charge in [-0.05, 0) is 31.0 Å². The van der Waals surface area contributed by atoms with Gasteiger partial charge in [-0.2, -0.15) is 0 Å². The molecule has 1 aromatic rings. The molecule has 1 aliphatic rings. The molecule has 0 saturated heterocycles. The lowest BCUT2D eigenvalue weighted by molar-refractivity contribution is -0.119. The standard InChI is InChI=1S/C13H16N2O4S/c1-19-12-7-6-10(20(14,17)18)8-11(12)15-13(16)9-4-2-3-5-9/h2-3,6-9H,4-5H2,1H3,(H,15,16)(H2,14,17,18). The summed E-state index contributed by atoms with van der Waals surface area (Å²) in [6.45, 7) is 0. The first-order valence-electron chi connectivity index (χ1n) is 6.08. The molecule has 0 fully saturated rings. The number of rotatable bonds is 4. The molecule has 0 spiro atoms. The molecule has 0 saturated carbocycles. The summed E-state index contributed by atoms with van der Waals surface area (Å²) >= 11 is 0. The number of nitrogens with two attached hydrogens (primary N) is 1. The Morgan fingerprint density at radius 1 is 1.35 bits per heavy atom. The fourth-order valence-electron chi connectivity index (χ4n) is 2.03. The molecule has 0 unspecified atom stereocenters. The zero-order chi connectivity index (χ0) is 14.8. The van der Waals surface area contributed by atoms with Gasteiger partial charge in [-0.3, -0.25) is 4.79 Å². The molecule has 7 heteroatoms. The van der Waals surface area contributed by atoms with Crippen molar-refractivity contribution in [3.63, 3.8) is 0 Å². The van der Waals surface area contributed by atoms with E-state index in [-0.39, 0.29) is 16.7 Å². The normalized spacial score (nSPS) is 15.3. The summed E-state index contributed by atoms with van der Waals surface area (Å²) < 4.78 is 27.8. The van der Waals surface area contributed by atoms with E-state index < -0.39 is 10.0 Å². The van der Waals surface area contributed by atoms with Gasteiger partial charge in [-0.1, -0.05) is 12.2 Å². The third kappa shape index (κ3) is 3.17. The number of carbonyl (C=O) groups excluding carboxylic acids is 1. The predicted molar refractivity (Wildman–Crippen MR) is 74.9 cm³/mol. The summed E-state index contributed by atoms with van der Waals surface area (Å²) in [5, 5.41) is 7.77.